The predicted octanol–water partition coefficient (Wildman–Crippen LogP) is 3.21. The number of alkyl halides is 1. The number of carbonyl (C=O) groups excluding carboxylic acids is 1. The van der Waals surface area contributed by atoms with E-state index in [4.69, 9.17) is 11.6 Å². The maximum Gasteiger partial charge on any atom is 0.257 e. The number of nitrogens with zero attached hydrogens (tertiary/aromatic N) is 1. The first-order chi connectivity index (χ1) is 8.69. The van der Waals surface area contributed by atoms with Crippen molar-refractivity contribution in [2.75, 3.05) is 5.32 Å². The van der Waals surface area contributed by atoms with E-state index in [1.807, 2.05) is 6.07 Å². The Bertz CT molecular complexity index is 574. The molecular weight excluding hydrogens is 255 g/mol. The molecule has 92 valence electrons. The third-order valence-electron chi connectivity index (χ3n) is 2.31. The van der Waals surface area contributed by atoms with E-state index in [9.17, 15) is 9.18 Å². The molecule has 0 bridgehead atoms. The van der Waals surface area contributed by atoms with Crippen LogP contribution < -0.4 is 5.32 Å². The van der Waals surface area contributed by atoms with Gasteiger partial charge >= 0.3 is 0 Å². The van der Waals surface area contributed by atoms with Crippen molar-refractivity contribution in [3.8, 4) is 0 Å². The Balaban J connectivity index is 2.16. The number of hydrogen-bond acceptors (Lipinski definition) is 2. The summed E-state index contributed by atoms with van der Waals surface area (Å²) in [7, 11) is 0. The Morgan fingerprint density at radius 2 is 2.17 bits per heavy atom. The Morgan fingerprint density at radius 1 is 1.33 bits per heavy atom. The molecule has 3 nitrogen and oxygen atoms in total. The van der Waals surface area contributed by atoms with Crippen LogP contribution in [0.3, 0.4) is 0 Å². The summed E-state index contributed by atoms with van der Waals surface area (Å²) in [6.45, 7) is 0. The van der Waals surface area contributed by atoms with Gasteiger partial charge in [-0.05, 0) is 23.8 Å². The molecule has 1 aromatic heterocycles. The van der Waals surface area contributed by atoms with E-state index in [1.54, 1.807) is 18.2 Å². The fourth-order valence-corrected chi connectivity index (χ4v) is 1.64. The van der Waals surface area contributed by atoms with Crippen LogP contribution in [0.1, 0.15) is 15.9 Å². The quantitative estimate of drug-likeness (QED) is 0.865. The molecule has 0 saturated heterocycles. The second-order valence-electron chi connectivity index (χ2n) is 3.68. The van der Waals surface area contributed by atoms with Crippen LogP contribution in [0.2, 0.25) is 0 Å². The van der Waals surface area contributed by atoms with Gasteiger partial charge < -0.3 is 5.32 Å². The number of pyridine rings is 1. The van der Waals surface area contributed by atoms with Gasteiger partial charge in [0.25, 0.3) is 5.91 Å². The largest absolute Gasteiger partial charge is 0.322 e. The first kappa shape index (κ1) is 12.5. The molecule has 0 atom stereocenters. The monoisotopic (exact) mass is 264 g/mol. The molecule has 0 aliphatic rings. The topological polar surface area (TPSA) is 42.0 Å². The summed E-state index contributed by atoms with van der Waals surface area (Å²) >= 11 is 5.70. The van der Waals surface area contributed by atoms with Crippen LogP contribution in [0.4, 0.5) is 10.1 Å². The molecule has 0 radical (unpaired) electrons. The SMILES string of the molecule is O=C(Nc1cccc(CCl)c1)c1cncc(F)c1. The van der Waals surface area contributed by atoms with E-state index in [2.05, 4.69) is 10.3 Å². The predicted molar refractivity (Wildman–Crippen MR) is 68.1 cm³/mol. The van der Waals surface area contributed by atoms with Gasteiger partial charge in [0.2, 0.25) is 0 Å². The van der Waals surface area contributed by atoms with Crippen LogP contribution in [0, 0.1) is 5.82 Å². The molecule has 0 spiro atoms. The average Bonchev–Trinajstić information content (AvgIpc) is 2.39. The highest BCUT2D eigenvalue weighted by molar-refractivity contribution is 6.17. The minimum atomic E-state index is -0.544. The highest BCUT2D eigenvalue weighted by Crippen LogP contribution is 2.13. The summed E-state index contributed by atoms with van der Waals surface area (Å²) in [5.41, 5.74) is 1.68. The Kier molecular flexibility index (Phi) is 3.89. The summed E-state index contributed by atoms with van der Waals surface area (Å²) in [6.07, 6.45) is 2.36. The normalized spacial score (nSPS) is 10.1. The van der Waals surface area contributed by atoms with E-state index in [0.717, 1.165) is 17.8 Å². The molecule has 0 fully saturated rings. The maximum absolute atomic E-state index is 12.9. The van der Waals surface area contributed by atoms with E-state index in [0.29, 0.717) is 11.6 Å². The van der Waals surface area contributed by atoms with Crippen molar-refractivity contribution in [3.05, 3.63) is 59.7 Å². The van der Waals surface area contributed by atoms with Gasteiger partial charge in [0.05, 0.1) is 11.8 Å². The van der Waals surface area contributed by atoms with Crippen molar-refractivity contribution in [1.82, 2.24) is 4.98 Å². The number of aromatic nitrogens is 1. The average molecular weight is 265 g/mol. The highest BCUT2D eigenvalue weighted by atomic mass is 35.5. The van der Waals surface area contributed by atoms with Crippen molar-refractivity contribution in [3.63, 3.8) is 0 Å². The number of amides is 1. The number of hydrogen-bond donors (Lipinski definition) is 1. The van der Waals surface area contributed by atoms with Crippen LogP contribution in [-0.4, -0.2) is 10.9 Å². The summed E-state index contributed by atoms with van der Waals surface area (Å²) in [5.74, 6) is -0.587. The van der Waals surface area contributed by atoms with Crippen molar-refractivity contribution in [1.29, 1.82) is 0 Å². The second kappa shape index (κ2) is 5.60. The Labute approximate surface area is 109 Å². The lowest BCUT2D eigenvalue weighted by Gasteiger charge is -2.06. The molecule has 1 aromatic carbocycles. The third kappa shape index (κ3) is 3.05. The van der Waals surface area contributed by atoms with E-state index in [-0.39, 0.29) is 5.56 Å². The van der Waals surface area contributed by atoms with Gasteiger partial charge in [-0.2, -0.15) is 0 Å². The molecule has 1 heterocycles. The molecule has 2 rings (SSSR count). The fourth-order valence-electron chi connectivity index (χ4n) is 1.47. The van der Waals surface area contributed by atoms with Crippen molar-refractivity contribution in [2.45, 2.75) is 5.88 Å². The molecular formula is C13H10ClFN2O. The standard InChI is InChI=1S/C13H10ClFN2O/c14-6-9-2-1-3-12(4-9)17-13(18)10-5-11(15)8-16-7-10/h1-5,7-8H,6H2,(H,17,18). The minimum absolute atomic E-state index is 0.172. The number of nitrogens with one attached hydrogen (secondary N) is 1. The van der Waals surface area contributed by atoms with E-state index in [1.165, 1.54) is 6.20 Å². The molecule has 5 heteroatoms. The molecule has 1 N–H and O–H groups in total. The third-order valence-corrected chi connectivity index (χ3v) is 2.61. The molecule has 0 aliphatic heterocycles. The zero-order valence-corrected chi connectivity index (χ0v) is 10.1. The van der Waals surface area contributed by atoms with Gasteiger partial charge in [0, 0.05) is 17.8 Å². The molecule has 0 saturated carbocycles. The van der Waals surface area contributed by atoms with Crippen molar-refractivity contribution < 1.29 is 9.18 Å². The smallest absolute Gasteiger partial charge is 0.257 e. The maximum atomic E-state index is 12.9. The lowest BCUT2D eigenvalue weighted by atomic mass is 10.2. The van der Waals surface area contributed by atoms with Crippen LogP contribution in [0.15, 0.2) is 42.7 Å². The second-order valence-corrected chi connectivity index (χ2v) is 3.95. The summed E-state index contributed by atoms with van der Waals surface area (Å²) in [4.78, 5) is 15.4. The summed E-state index contributed by atoms with van der Waals surface area (Å²) < 4.78 is 12.9. The first-order valence-corrected chi connectivity index (χ1v) is 5.79. The van der Waals surface area contributed by atoms with Crippen LogP contribution in [0.5, 0.6) is 0 Å². The number of carbonyl (C=O) groups is 1. The number of benzene rings is 1. The highest BCUT2D eigenvalue weighted by Gasteiger charge is 2.07. The van der Waals surface area contributed by atoms with Crippen molar-refractivity contribution in [2.24, 2.45) is 0 Å². The first-order valence-electron chi connectivity index (χ1n) is 5.26. The Morgan fingerprint density at radius 3 is 2.89 bits per heavy atom. The number of halogens is 2. The van der Waals surface area contributed by atoms with Gasteiger partial charge in [-0.25, -0.2) is 4.39 Å². The zero-order valence-electron chi connectivity index (χ0n) is 9.36. The molecule has 2 aromatic rings. The lowest BCUT2D eigenvalue weighted by Crippen LogP contribution is -2.12. The lowest BCUT2D eigenvalue weighted by molar-refractivity contribution is 0.102. The molecule has 1 amide bonds. The number of anilines is 1. The molecule has 18 heavy (non-hydrogen) atoms. The zero-order chi connectivity index (χ0) is 13.0. The molecule has 0 aliphatic carbocycles. The van der Waals surface area contributed by atoms with E-state index < -0.39 is 11.7 Å². The van der Waals surface area contributed by atoms with Crippen LogP contribution in [0.25, 0.3) is 0 Å². The van der Waals surface area contributed by atoms with Gasteiger partial charge in [-0.3, -0.25) is 9.78 Å². The summed E-state index contributed by atoms with van der Waals surface area (Å²) in [6, 6.07) is 8.27. The van der Waals surface area contributed by atoms with Crippen LogP contribution >= 0.6 is 11.6 Å². The van der Waals surface area contributed by atoms with Crippen LogP contribution in [-0.2, 0) is 5.88 Å². The van der Waals surface area contributed by atoms with Gasteiger partial charge in [-0.1, -0.05) is 12.1 Å². The van der Waals surface area contributed by atoms with Gasteiger partial charge in [-0.15, -0.1) is 11.6 Å². The van der Waals surface area contributed by atoms with Gasteiger partial charge in [0.15, 0.2) is 0 Å². The summed E-state index contributed by atoms with van der Waals surface area (Å²) in [5, 5.41) is 2.66. The van der Waals surface area contributed by atoms with Gasteiger partial charge in [0.1, 0.15) is 5.82 Å². The van der Waals surface area contributed by atoms with E-state index >= 15 is 0 Å². The minimum Gasteiger partial charge on any atom is -0.322 e. The fraction of sp³-hybridized carbons (Fsp3) is 0.0769. The molecule has 0 unspecified atom stereocenters. The van der Waals surface area contributed by atoms with Crippen molar-refractivity contribution >= 4 is 23.2 Å². The number of rotatable bonds is 3. The Hall–Kier alpha value is -1.94.